The Morgan fingerprint density at radius 3 is 2.33 bits per heavy atom. The fourth-order valence-electron chi connectivity index (χ4n) is 2.29. The molecule has 0 atom stereocenters. The van der Waals surface area contributed by atoms with Gasteiger partial charge in [0.15, 0.2) is 5.78 Å². The van der Waals surface area contributed by atoms with Crippen molar-refractivity contribution in [3.63, 3.8) is 0 Å². The zero-order valence-corrected chi connectivity index (χ0v) is 11.7. The van der Waals surface area contributed by atoms with Crippen molar-refractivity contribution in [2.45, 2.75) is 6.42 Å². The molecule has 0 spiro atoms. The van der Waals surface area contributed by atoms with E-state index in [9.17, 15) is 4.79 Å². The molecule has 0 N–H and O–H groups in total. The molecule has 104 valence electrons. The molecule has 3 rings (SSSR count). The summed E-state index contributed by atoms with van der Waals surface area (Å²) in [6, 6.07) is 23.4. The normalized spacial score (nSPS) is 10.5. The number of fused-ring (bicyclic) bond motifs is 1. The van der Waals surface area contributed by atoms with Crippen LogP contribution in [0.5, 0.6) is 5.75 Å². The number of rotatable bonds is 5. The van der Waals surface area contributed by atoms with Crippen molar-refractivity contribution >= 4 is 16.6 Å². The van der Waals surface area contributed by atoms with E-state index in [4.69, 9.17) is 4.74 Å². The average molecular weight is 276 g/mol. The first-order chi connectivity index (χ1) is 10.3. The molecule has 2 nitrogen and oxygen atoms in total. The van der Waals surface area contributed by atoms with E-state index in [-0.39, 0.29) is 5.78 Å². The van der Waals surface area contributed by atoms with Gasteiger partial charge in [-0.1, -0.05) is 60.7 Å². The summed E-state index contributed by atoms with van der Waals surface area (Å²) in [4.78, 5) is 12.0. The van der Waals surface area contributed by atoms with Gasteiger partial charge < -0.3 is 4.74 Å². The minimum absolute atomic E-state index is 0.108. The van der Waals surface area contributed by atoms with Gasteiger partial charge in [-0.15, -0.1) is 0 Å². The second-order valence-electron chi connectivity index (χ2n) is 4.90. The van der Waals surface area contributed by atoms with Crippen molar-refractivity contribution < 1.29 is 9.53 Å². The number of hydrogen-bond donors (Lipinski definition) is 0. The molecule has 0 saturated carbocycles. The van der Waals surface area contributed by atoms with E-state index < -0.39 is 0 Å². The summed E-state index contributed by atoms with van der Waals surface area (Å²) in [5.41, 5.74) is 0.736. The molecule has 0 aliphatic carbocycles. The molecule has 3 aromatic carbocycles. The molecule has 2 heteroatoms. The molecule has 0 saturated heterocycles. The first-order valence-corrected chi connectivity index (χ1v) is 7.03. The van der Waals surface area contributed by atoms with Gasteiger partial charge >= 0.3 is 0 Å². The third-order valence-electron chi connectivity index (χ3n) is 3.41. The summed E-state index contributed by atoms with van der Waals surface area (Å²) in [5, 5.41) is 2.33. The van der Waals surface area contributed by atoms with Gasteiger partial charge in [-0.05, 0) is 22.9 Å². The summed E-state index contributed by atoms with van der Waals surface area (Å²) in [6.07, 6.45) is 0.386. The number of carbonyl (C=O) groups excluding carboxylic acids is 1. The molecular weight excluding hydrogens is 260 g/mol. The molecule has 0 aromatic heterocycles. The standard InChI is InChI=1S/C19H16O2/c20-19(16-7-2-1-3-8-16)12-13-21-18-11-10-15-6-4-5-9-17(15)14-18/h1-11,14H,12-13H2. The lowest BCUT2D eigenvalue weighted by molar-refractivity contribution is 0.0962. The van der Waals surface area contributed by atoms with Gasteiger partial charge in [-0.2, -0.15) is 0 Å². The van der Waals surface area contributed by atoms with Crippen LogP contribution in [0.4, 0.5) is 0 Å². The van der Waals surface area contributed by atoms with Gasteiger partial charge in [0, 0.05) is 12.0 Å². The summed E-state index contributed by atoms with van der Waals surface area (Å²) < 4.78 is 5.69. The van der Waals surface area contributed by atoms with Gasteiger partial charge in [0.05, 0.1) is 6.61 Å². The van der Waals surface area contributed by atoms with Crippen LogP contribution in [0, 0.1) is 0 Å². The second kappa shape index (κ2) is 6.23. The minimum Gasteiger partial charge on any atom is -0.493 e. The van der Waals surface area contributed by atoms with E-state index in [0.717, 1.165) is 16.7 Å². The lowest BCUT2D eigenvalue weighted by Gasteiger charge is -2.07. The fraction of sp³-hybridized carbons (Fsp3) is 0.105. The van der Waals surface area contributed by atoms with Crippen LogP contribution in [0.15, 0.2) is 72.8 Å². The molecule has 0 heterocycles. The van der Waals surface area contributed by atoms with E-state index >= 15 is 0 Å². The maximum absolute atomic E-state index is 12.0. The predicted octanol–water partition coefficient (Wildman–Crippen LogP) is 4.49. The minimum atomic E-state index is 0.108. The largest absolute Gasteiger partial charge is 0.493 e. The van der Waals surface area contributed by atoms with Crippen molar-refractivity contribution in [1.29, 1.82) is 0 Å². The molecular formula is C19H16O2. The molecule has 0 aliphatic heterocycles. The van der Waals surface area contributed by atoms with Gasteiger partial charge in [-0.3, -0.25) is 4.79 Å². The predicted molar refractivity (Wildman–Crippen MR) is 84.8 cm³/mol. The van der Waals surface area contributed by atoms with Crippen LogP contribution in [0.25, 0.3) is 10.8 Å². The molecule has 0 bridgehead atoms. The third-order valence-corrected chi connectivity index (χ3v) is 3.41. The highest BCUT2D eigenvalue weighted by Gasteiger charge is 2.05. The molecule has 0 fully saturated rings. The topological polar surface area (TPSA) is 26.3 Å². The Morgan fingerprint density at radius 2 is 1.52 bits per heavy atom. The van der Waals surface area contributed by atoms with Gasteiger partial charge in [0.2, 0.25) is 0 Å². The lowest BCUT2D eigenvalue weighted by atomic mass is 10.1. The first-order valence-electron chi connectivity index (χ1n) is 7.03. The van der Waals surface area contributed by atoms with Crippen molar-refractivity contribution in [2.24, 2.45) is 0 Å². The zero-order valence-electron chi connectivity index (χ0n) is 11.7. The van der Waals surface area contributed by atoms with Crippen LogP contribution >= 0.6 is 0 Å². The van der Waals surface area contributed by atoms with Crippen LogP contribution in [-0.4, -0.2) is 12.4 Å². The highest BCUT2D eigenvalue weighted by atomic mass is 16.5. The summed E-state index contributed by atoms with van der Waals surface area (Å²) in [7, 11) is 0. The molecule has 21 heavy (non-hydrogen) atoms. The monoisotopic (exact) mass is 276 g/mol. The first kappa shape index (κ1) is 13.4. The highest BCUT2D eigenvalue weighted by molar-refractivity contribution is 5.96. The molecule has 3 aromatic rings. The third kappa shape index (κ3) is 3.29. The van der Waals surface area contributed by atoms with E-state index in [1.165, 1.54) is 5.39 Å². The van der Waals surface area contributed by atoms with Crippen LogP contribution in [0.3, 0.4) is 0 Å². The quantitative estimate of drug-likeness (QED) is 0.642. The summed E-state index contributed by atoms with van der Waals surface area (Å²) in [5.74, 6) is 0.908. The Bertz CT molecular complexity index is 748. The van der Waals surface area contributed by atoms with E-state index in [0.29, 0.717) is 13.0 Å². The van der Waals surface area contributed by atoms with Gasteiger partial charge in [-0.25, -0.2) is 0 Å². The zero-order chi connectivity index (χ0) is 14.5. The number of hydrogen-bond acceptors (Lipinski definition) is 2. The Hall–Kier alpha value is -2.61. The Kier molecular flexibility index (Phi) is 3.97. The smallest absolute Gasteiger partial charge is 0.166 e. The number of carbonyl (C=O) groups is 1. The maximum Gasteiger partial charge on any atom is 0.166 e. The molecule has 0 radical (unpaired) electrons. The van der Waals surface area contributed by atoms with E-state index in [2.05, 4.69) is 12.1 Å². The van der Waals surface area contributed by atoms with E-state index in [1.54, 1.807) is 0 Å². The second-order valence-corrected chi connectivity index (χ2v) is 4.90. The Labute approximate surface area is 124 Å². The van der Waals surface area contributed by atoms with Crippen molar-refractivity contribution in [3.05, 3.63) is 78.4 Å². The van der Waals surface area contributed by atoms with Gasteiger partial charge in [0.1, 0.15) is 5.75 Å². The summed E-state index contributed by atoms with van der Waals surface area (Å²) >= 11 is 0. The SMILES string of the molecule is O=C(CCOc1ccc2ccccc2c1)c1ccccc1. The van der Waals surface area contributed by atoms with E-state index in [1.807, 2.05) is 60.7 Å². The molecule has 0 aliphatic rings. The Balaban J connectivity index is 1.60. The molecule has 0 amide bonds. The van der Waals surface area contributed by atoms with Crippen LogP contribution in [-0.2, 0) is 0 Å². The Morgan fingerprint density at radius 1 is 0.810 bits per heavy atom. The van der Waals surface area contributed by atoms with Crippen LogP contribution in [0.1, 0.15) is 16.8 Å². The number of Topliss-reactive ketones (excluding diaryl/α,β-unsaturated/α-hetero) is 1. The number of benzene rings is 3. The highest BCUT2D eigenvalue weighted by Crippen LogP contribution is 2.20. The number of ether oxygens (including phenoxy) is 1. The number of ketones is 1. The lowest BCUT2D eigenvalue weighted by Crippen LogP contribution is -2.06. The molecule has 0 unspecified atom stereocenters. The fourth-order valence-corrected chi connectivity index (χ4v) is 2.29. The van der Waals surface area contributed by atoms with Crippen LogP contribution in [0.2, 0.25) is 0 Å². The van der Waals surface area contributed by atoms with Crippen molar-refractivity contribution in [1.82, 2.24) is 0 Å². The average Bonchev–Trinajstić information content (AvgIpc) is 2.55. The van der Waals surface area contributed by atoms with Gasteiger partial charge in [0.25, 0.3) is 0 Å². The van der Waals surface area contributed by atoms with Crippen molar-refractivity contribution in [3.8, 4) is 5.75 Å². The summed E-state index contributed by atoms with van der Waals surface area (Å²) in [6.45, 7) is 0.395. The maximum atomic E-state index is 12.0. The van der Waals surface area contributed by atoms with Crippen LogP contribution < -0.4 is 4.74 Å². The van der Waals surface area contributed by atoms with Crippen molar-refractivity contribution in [2.75, 3.05) is 6.61 Å².